The maximum atomic E-state index is 14.4. The normalized spacial score (nSPS) is 12.8. The summed E-state index contributed by atoms with van der Waals surface area (Å²) < 4.78 is 97.0. The van der Waals surface area contributed by atoms with E-state index in [2.05, 4.69) is 4.74 Å². The zero-order valence-electron chi connectivity index (χ0n) is 14.4. The topological polar surface area (TPSA) is 26.3 Å². The Morgan fingerprint density at radius 2 is 1.46 bits per heavy atom. The number of hydrogen-bond acceptors (Lipinski definition) is 3. The number of ether oxygens (including phenoxy) is 1. The second-order valence-electron chi connectivity index (χ2n) is 5.61. The van der Waals surface area contributed by atoms with Crippen molar-refractivity contribution in [2.45, 2.75) is 22.9 Å². The van der Waals surface area contributed by atoms with E-state index in [4.69, 9.17) is 0 Å². The minimum atomic E-state index is -6.28. The van der Waals surface area contributed by atoms with Crippen molar-refractivity contribution in [1.29, 1.82) is 0 Å². The lowest BCUT2D eigenvalue weighted by molar-refractivity contribution is -0.348. The Labute approximate surface area is 159 Å². The van der Waals surface area contributed by atoms with E-state index in [1.165, 1.54) is 17.8 Å². The Balaban J connectivity index is 2.81. The molecule has 28 heavy (non-hydrogen) atoms. The van der Waals surface area contributed by atoms with E-state index in [1.54, 1.807) is 24.5 Å². The summed E-state index contributed by atoms with van der Waals surface area (Å²) in [7, 11) is 0.912. The van der Waals surface area contributed by atoms with Crippen molar-refractivity contribution in [3.05, 3.63) is 53.6 Å². The minimum Gasteiger partial charge on any atom is -0.465 e. The number of methoxy groups -OCH3 is 1. The summed E-state index contributed by atoms with van der Waals surface area (Å²) in [5, 5.41) is 0. The van der Waals surface area contributed by atoms with Crippen LogP contribution in [0.2, 0.25) is 0 Å². The Morgan fingerprint density at radius 1 is 0.893 bits per heavy atom. The van der Waals surface area contributed by atoms with Crippen LogP contribution in [-0.4, -0.2) is 31.7 Å². The van der Waals surface area contributed by atoms with Gasteiger partial charge in [-0.25, -0.2) is 9.18 Å². The van der Waals surface area contributed by atoms with E-state index in [9.17, 15) is 35.5 Å². The van der Waals surface area contributed by atoms with Crippen LogP contribution in [0.1, 0.15) is 15.9 Å². The molecule has 0 unspecified atom stereocenters. The molecule has 0 radical (unpaired) electrons. The molecule has 2 nitrogen and oxygen atoms in total. The van der Waals surface area contributed by atoms with E-state index >= 15 is 0 Å². The van der Waals surface area contributed by atoms with Crippen molar-refractivity contribution in [2.24, 2.45) is 0 Å². The van der Waals surface area contributed by atoms with Crippen molar-refractivity contribution >= 4 is 17.7 Å². The molecule has 152 valence electrons. The summed E-state index contributed by atoms with van der Waals surface area (Å²) in [4.78, 5) is 12.7. The fourth-order valence-electron chi connectivity index (χ4n) is 2.63. The van der Waals surface area contributed by atoms with Crippen molar-refractivity contribution in [3.63, 3.8) is 0 Å². The van der Waals surface area contributed by atoms with Crippen LogP contribution in [-0.2, 0) is 10.4 Å². The summed E-state index contributed by atoms with van der Waals surface area (Å²) >= 11 is 1.25. The lowest BCUT2D eigenvalue weighted by Gasteiger charge is -2.30. The molecular weight excluding hydrogens is 413 g/mol. The fourth-order valence-corrected chi connectivity index (χ4v) is 3.24. The van der Waals surface area contributed by atoms with Crippen LogP contribution in [0.15, 0.2) is 47.4 Å². The van der Waals surface area contributed by atoms with Crippen LogP contribution >= 0.6 is 11.8 Å². The first-order valence-corrected chi connectivity index (χ1v) is 8.79. The molecule has 0 amide bonds. The third-order valence-corrected chi connectivity index (χ3v) is 4.80. The Bertz CT molecular complexity index is 861. The quantitative estimate of drug-likeness (QED) is 0.333. The van der Waals surface area contributed by atoms with Gasteiger partial charge in [0.2, 0.25) is 0 Å². The van der Waals surface area contributed by atoms with Crippen LogP contribution in [0.5, 0.6) is 0 Å². The molecular formula is C18H13F7O2S. The van der Waals surface area contributed by atoms with E-state index in [-0.39, 0.29) is 11.6 Å². The summed E-state index contributed by atoms with van der Waals surface area (Å²) in [6.07, 6.45) is -10.9. The van der Waals surface area contributed by atoms with Gasteiger partial charge in [0.1, 0.15) is 0 Å². The lowest BCUT2D eigenvalue weighted by Crippen LogP contribution is -2.50. The highest BCUT2D eigenvalue weighted by atomic mass is 32.2. The van der Waals surface area contributed by atoms with Crippen LogP contribution in [0.25, 0.3) is 11.1 Å². The van der Waals surface area contributed by atoms with Crippen molar-refractivity contribution in [2.75, 3.05) is 13.4 Å². The van der Waals surface area contributed by atoms with Gasteiger partial charge in [0.15, 0.2) is 0 Å². The molecule has 0 spiro atoms. The number of hydrogen-bond donors (Lipinski definition) is 0. The van der Waals surface area contributed by atoms with Gasteiger partial charge < -0.3 is 4.74 Å². The second kappa shape index (κ2) is 7.65. The highest BCUT2D eigenvalue weighted by molar-refractivity contribution is 7.98. The molecule has 0 aromatic heterocycles. The summed E-state index contributed by atoms with van der Waals surface area (Å²) in [6, 6.07) is 7.89. The molecule has 2 aromatic rings. The van der Waals surface area contributed by atoms with Crippen molar-refractivity contribution < 1.29 is 40.3 Å². The van der Waals surface area contributed by atoms with Crippen molar-refractivity contribution in [3.8, 4) is 11.1 Å². The predicted octanol–water partition coefficient (Wildman–Crippen LogP) is 6.15. The average molecular weight is 426 g/mol. The van der Waals surface area contributed by atoms with Gasteiger partial charge in [-0.3, -0.25) is 0 Å². The van der Waals surface area contributed by atoms with Gasteiger partial charge in [0.05, 0.1) is 12.7 Å². The molecule has 0 aliphatic carbocycles. The number of carbonyl (C=O) groups excluding carboxylic acids is 1. The highest BCUT2D eigenvalue weighted by Crippen LogP contribution is 2.53. The minimum absolute atomic E-state index is 0.0206. The molecule has 10 heteroatoms. The maximum Gasteiger partial charge on any atom is 0.435 e. The molecule has 0 aliphatic heterocycles. The number of benzene rings is 2. The van der Waals surface area contributed by atoms with Gasteiger partial charge in [-0.05, 0) is 29.5 Å². The third-order valence-electron chi connectivity index (χ3n) is 4.00. The van der Waals surface area contributed by atoms with Gasteiger partial charge in [0, 0.05) is 10.5 Å². The van der Waals surface area contributed by atoms with Gasteiger partial charge in [-0.1, -0.05) is 30.3 Å². The first kappa shape index (κ1) is 22.1. The first-order valence-electron chi connectivity index (χ1n) is 7.57. The zero-order chi connectivity index (χ0) is 21.3. The van der Waals surface area contributed by atoms with Crippen LogP contribution in [0.4, 0.5) is 30.7 Å². The van der Waals surface area contributed by atoms with Gasteiger partial charge in [-0.2, -0.15) is 26.3 Å². The van der Waals surface area contributed by atoms with E-state index in [1.807, 2.05) is 0 Å². The first-order chi connectivity index (χ1) is 12.9. The van der Waals surface area contributed by atoms with Crippen LogP contribution < -0.4 is 0 Å². The Morgan fingerprint density at radius 3 is 1.96 bits per heavy atom. The summed E-state index contributed by atoms with van der Waals surface area (Å²) in [5.41, 5.74) is -7.60. The summed E-state index contributed by atoms with van der Waals surface area (Å²) in [5.74, 6) is -1.19. The summed E-state index contributed by atoms with van der Waals surface area (Å²) in [6.45, 7) is 0. The number of esters is 1. The molecule has 0 fully saturated rings. The molecule has 0 saturated heterocycles. The smallest absolute Gasteiger partial charge is 0.435 e. The standard InChI is InChI=1S/C18H13F7O2S/c1-27-15(26)13-9-10(16(19,17(20,21)22)18(23,24)25)7-8-11(13)12-5-3-4-6-14(12)28-2/h3-9H,1-2H3. The number of alkyl halides is 7. The van der Waals surface area contributed by atoms with Crippen LogP contribution in [0.3, 0.4) is 0 Å². The molecule has 0 aliphatic rings. The maximum absolute atomic E-state index is 14.4. The van der Waals surface area contributed by atoms with E-state index in [0.717, 1.165) is 13.2 Å². The van der Waals surface area contributed by atoms with Gasteiger partial charge in [0.25, 0.3) is 0 Å². The van der Waals surface area contributed by atoms with Crippen molar-refractivity contribution in [1.82, 2.24) is 0 Å². The van der Waals surface area contributed by atoms with Gasteiger partial charge >= 0.3 is 24.0 Å². The van der Waals surface area contributed by atoms with Crippen LogP contribution in [0, 0.1) is 0 Å². The number of rotatable bonds is 4. The molecule has 0 bridgehead atoms. The molecule has 2 rings (SSSR count). The van der Waals surface area contributed by atoms with Gasteiger partial charge in [-0.15, -0.1) is 11.8 Å². The molecule has 0 atom stereocenters. The lowest BCUT2D eigenvalue weighted by atomic mass is 9.89. The highest BCUT2D eigenvalue weighted by Gasteiger charge is 2.73. The Hall–Kier alpha value is -2.23. The molecule has 2 aromatic carbocycles. The number of thioether (sulfide) groups is 1. The third kappa shape index (κ3) is 3.69. The fraction of sp³-hybridized carbons (Fsp3) is 0.278. The molecule has 0 heterocycles. The second-order valence-corrected chi connectivity index (χ2v) is 6.45. The molecule has 0 N–H and O–H groups in total. The molecule has 0 saturated carbocycles. The number of halogens is 7. The Kier molecular flexibility index (Phi) is 6.03. The SMILES string of the molecule is COC(=O)c1cc(C(F)(C(F)(F)F)C(F)(F)F)ccc1-c1ccccc1SC. The largest absolute Gasteiger partial charge is 0.465 e. The van der Waals surface area contributed by atoms with E-state index in [0.29, 0.717) is 16.5 Å². The number of carbonyl (C=O) groups is 1. The monoisotopic (exact) mass is 426 g/mol. The zero-order valence-corrected chi connectivity index (χ0v) is 15.2. The van der Waals surface area contributed by atoms with E-state index < -0.39 is 35.1 Å². The average Bonchev–Trinajstić information content (AvgIpc) is 2.64. The predicted molar refractivity (Wildman–Crippen MR) is 89.9 cm³/mol.